The second-order valence-corrected chi connectivity index (χ2v) is 9.58. The largest absolute Gasteiger partial charge is 0.490 e. The normalized spacial score (nSPS) is 15.5. The van der Waals surface area contributed by atoms with Gasteiger partial charge < -0.3 is 10.1 Å². The second-order valence-electron chi connectivity index (χ2n) is 7.64. The summed E-state index contributed by atoms with van der Waals surface area (Å²) in [7, 11) is -3.62. The molecule has 0 atom stereocenters. The molecule has 0 spiro atoms. The first-order chi connectivity index (χ1) is 14.3. The number of nitrogens with zero attached hydrogens (tertiary/aromatic N) is 1. The van der Waals surface area contributed by atoms with Crippen molar-refractivity contribution in [1.29, 1.82) is 0 Å². The smallest absolute Gasteiger partial charge is 0.255 e. The molecule has 0 radical (unpaired) electrons. The average Bonchev–Trinajstić information content (AvgIpc) is 2.73. The lowest BCUT2D eigenvalue weighted by Gasteiger charge is -2.29. The van der Waals surface area contributed by atoms with Crippen LogP contribution in [0.2, 0.25) is 0 Å². The van der Waals surface area contributed by atoms with Crippen molar-refractivity contribution in [2.75, 3.05) is 25.0 Å². The van der Waals surface area contributed by atoms with Gasteiger partial charge in [-0.2, -0.15) is 4.31 Å². The third-order valence-corrected chi connectivity index (χ3v) is 7.21. The summed E-state index contributed by atoms with van der Waals surface area (Å²) in [4.78, 5) is 13.0. The first-order valence-corrected chi connectivity index (χ1v) is 11.5. The molecule has 1 amide bonds. The molecule has 160 valence electrons. The number of rotatable bonds is 7. The topological polar surface area (TPSA) is 75.7 Å². The van der Waals surface area contributed by atoms with E-state index < -0.39 is 10.0 Å². The van der Waals surface area contributed by atoms with Crippen LogP contribution in [0.3, 0.4) is 0 Å². The van der Waals surface area contributed by atoms with E-state index in [1.165, 1.54) is 10.4 Å². The van der Waals surface area contributed by atoms with Crippen LogP contribution in [0.1, 0.15) is 35.7 Å². The van der Waals surface area contributed by atoms with Crippen molar-refractivity contribution in [2.24, 2.45) is 5.92 Å². The number of hydrogen-bond acceptors (Lipinski definition) is 4. The standard InChI is InChI=1S/C23H28N2O4S/c1-4-15-29-20-8-6-19(7-9-20)24-23(26)22-16-21(10-5-18(22)3)30(27,28)25-13-11-17(2)12-14-25/h4-10,16-17H,1,11-15H2,2-3H3,(H,24,26). The molecule has 1 aliphatic heterocycles. The van der Waals surface area contributed by atoms with Gasteiger partial charge in [0.2, 0.25) is 10.0 Å². The van der Waals surface area contributed by atoms with Gasteiger partial charge in [-0.3, -0.25) is 4.79 Å². The Balaban J connectivity index is 1.77. The van der Waals surface area contributed by atoms with Gasteiger partial charge in [-0.1, -0.05) is 25.6 Å². The van der Waals surface area contributed by atoms with Crippen LogP contribution in [0.5, 0.6) is 5.75 Å². The van der Waals surface area contributed by atoms with Crippen molar-refractivity contribution < 1.29 is 17.9 Å². The van der Waals surface area contributed by atoms with Crippen molar-refractivity contribution in [3.63, 3.8) is 0 Å². The van der Waals surface area contributed by atoms with Crippen LogP contribution in [0.25, 0.3) is 0 Å². The molecule has 0 aromatic heterocycles. The van der Waals surface area contributed by atoms with Crippen molar-refractivity contribution >= 4 is 21.6 Å². The number of anilines is 1. The summed E-state index contributed by atoms with van der Waals surface area (Å²) in [5.74, 6) is 0.856. The van der Waals surface area contributed by atoms with Gasteiger partial charge in [-0.15, -0.1) is 0 Å². The Hall–Kier alpha value is -2.64. The van der Waals surface area contributed by atoms with Crippen LogP contribution in [0, 0.1) is 12.8 Å². The zero-order chi connectivity index (χ0) is 21.7. The summed E-state index contributed by atoms with van der Waals surface area (Å²) in [6.07, 6.45) is 3.36. The van der Waals surface area contributed by atoms with Gasteiger partial charge in [0.15, 0.2) is 0 Å². The van der Waals surface area contributed by atoms with Crippen LogP contribution >= 0.6 is 0 Å². The summed E-state index contributed by atoms with van der Waals surface area (Å²) in [6, 6.07) is 11.7. The molecule has 3 rings (SSSR count). The Morgan fingerprint density at radius 2 is 1.87 bits per heavy atom. The van der Waals surface area contributed by atoms with E-state index in [2.05, 4.69) is 18.8 Å². The molecule has 2 aromatic rings. The Morgan fingerprint density at radius 1 is 1.20 bits per heavy atom. The number of piperidine rings is 1. The molecule has 0 aliphatic carbocycles. The molecule has 1 N–H and O–H groups in total. The molecule has 1 fully saturated rings. The molecule has 0 unspecified atom stereocenters. The summed E-state index contributed by atoms with van der Waals surface area (Å²) >= 11 is 0. The Labute approximate surface area is 178 Å². The maximum atomic E-state index is 13.0. The maximum absolute atomic E-state index is 13.0. The van der Waals surface area contributed by atoms with Crippen molar-refractivity contribution in [1.82, 2.24) is 4.31 Å². The monoisotopic (exact) mass is 428 g/mol. The van der Waals surface area contributed by atoms with Gasteiger partial charge in [-0.25, -0.2) is 8.42 Å². The predicted molar refractivity (Wildman–Crippen MR) is 118 cm³/mol. The van der Waals surface area contributed by atoms with Crippen LogP contribution < -0.4 is 10.1 Å². The number of aryl methyl sites for hydroxylation is 1. The number of carbonyl (C=O) groups excluding carboxylic acids is 1. The minimum absolute atomic E-state index is 0.154. The van der Waals surface area contributed by atoms with Crippen molar-refractivity contribution in [2.45, 2.75) is 31.6 Å². The van der Waals surface area contributed by atoms with E-state index in [0.717, 1.165) is 12.8 Å². The second kappa shape index (κ2) is 9.45. The molecule has 1 saturated heterocycles. The van der Waals surface area contributed by atoms with Gasteiger partial charge in [0.1, 0.15) is 12.4 Å². The third-order valence-electron chi connectivity index (χ3n) is 5.31. The van der Waals surface area contributed by atoms with Gasteiger partial charge in [-0.05, 0) is 67.6 Å². The highest BCUT2D eigenvalue weighted by molar-refractivity contribution is 7.89. The molecule has 7 heteroatoms. The van der Waals surface area contributed by atoms with Crippen LogP contribution in [0.15, 0.2) is 60.0 Å². The molecule has 2 aromatic carbocycles. The third kappa shape index (κ3) is 5.09. The fraction of sp³-hybridized carbons (Fsp3) is 0.348. The lowest BCUT2D eigenvalue weighted by atomic mass is 10.0. The minimum Gasteiger partial charge on any atom is -0.490 e. The minimum atomic E-state index is -3.62. The van der Waals surface area contributed by atoms with Gasteiger partial charge in [0, 0.05) is 24.3 Å². The van der Waals surface area contributed by atoms with Gasteiger partial charge in [0.05, 0.1) is 4.90 Å². The fourth-order valence-corrected chi connectivity index (χ4v) is 4.87. The Bertz CT molecular complexity index is 1010. The van der Waals surface area contributed by atoms with Crippen molar-refractivity contribution in [3.8, 4) is 5.75 Å². The van der Waals surface area contributed by atoms with Crippen LogP contribution in [-0.2, 0) is 10.0 Å². The summed E-state index contributed by atoms with van der Waals surface area (Å²) in [5.41, 5.74) is 1.65. The highest BCUT2D eigenvalue weighted by Crippen LogP contribution is 2.25. The fourth-order valence-electron chi connectivity index (χ4n) is 3.37. The molecule has 30 heavy (non-hydrogen) atoms. The van der Waals surface area contributed by atoms with E-state index >= 15 is 0 Å². The molecular weight excluding hydrogens is 400 g/mol. The van der Waals surface area contributed by atoms with Crippen LogP contribution in [-0.4, -0.2) is 38.3 Å². The number of carbonyl (C=O) groups is 1. The molecule has 0 bridgehead atoms. The first-order valence-electron chi connectivity index (χ1n) is 10.1. The lowest BCUT2D eigenvalue weighted by Crippen LogP contribution is -2.38. The summed E-state index contributed by atoms with van der Waals surface area (Å²) < 4.78 is 33.0. The average molecular weight is 429 g/mol. The quantitative estimate of drug-likeness (QED) is 0.670. The Kier molecular flexibility index (Phi) is 6.95. The predicted octanol–water partition coefficient (Wildman–Crippen LogP) is 4.23. The van der Waals surface area contributed by atoms with E-state index in [1.54, 1.807) is 49.4 Å². The van der Waals surface area contributed by atoms with Gasteiger partial charge in [0.25, 0.3) is 5.91 Å². The van der Waals surface area contributed by atoms with E-state index in [-0.39, 0.29) is 10.8 Å². The van der Waals surface area contributed by atoms with E-state index in [9.17, 15) is 13.2 Å². The van der Waals surface area contributed by atoms with Crippen LogP contribution in [0.4, 0.5) is 5.69 Å². The number of benzene rings is 2. The molecular formula is C23H28N2O4S. The zero-order valence-corrected chi connectivity index (χ0v) is 18.2. The number of hydrogen-bond donors (Lipinski definition) is 1. The highest BCUT2D eigenvalue weighted by atomic mass is 32.2. The summed E-state index contributed by atoms with van der Waals surface area (Å²) in [5, 5.41) is 2.82. The van der Waals surface area contributed by atoms with Gasteiger partial charge >= 0.3 is 0 Å². The molecule has 1 heterocycles. The van der Waals surface area contributed by atoms with Crippen molar-refractivity contribution in [3.05, 3.63) is 66.2 Å². The zero-order valence-electron chi connectivity index (χ0n) is 17.4. The number of amides is 1. The molecule has 0 saturated carbocycles. The summed E-state index contributed by atoms with van der Waals surface area (Å²) in [6.45, 7) is 8.96. The number of ether oxygens (including phenoxy) is 1. The number of sulfonamides is 1. The molecule has 6 nitrogen and oxygen atoms in total. The highest BCUT2D eigenvalue weighted by Gasteiger charge is 2.28. The Morgan fingerprint density at radius 3 is 2.50 bits per heavy atom. The van der Waals surface area contributed by atoms with E-state index in [1.807, 2.05) is 0 Å². The lowest BCUT2D eigenvalue weighted by molar-refractivity contribution is 0.102. The van der Waals surface area contributed by atoms with E-state index in [0.29, 0.717) is 48.2 Å². The first kappa shape index (κ1) is 22.1. The van der Waals surface area contributed by atoms with E-state index in [4.69, 9.17) is 4.74 Å². The SMILES string of the molecule is C=CCOc1ccc(NC(=O)c2cc(S(=O)(=O)N3CCC(C)CC3)ccc2C)cc1. The molecule has 1 aliphatic rings. The number of nitrogens with one attached hydrogen (secondary N) is 1. The maximum Gasteiger partial charge on any atom is 0.255 e.